The maximum Gasteiger partial charge on any atom is 0.163 e. The number of para-hydroxylation sites is 1. The average molecular weight is 299 g/mol. The summed E-state index contributed by atoms with van der Waals surface area (Å²) in [6.45, 7) is 1.20. The SMILES string of the molecule is NCCNc1nc(-c2ccccc2Cl)nc2ccccc12. The fourth-order valence-electron chi connectivity index (χ4n) is 2.16. The monoisotopic (exact) mass is 298 g/mol. The van der Waals surface area contributed by atoms with Crippen LogP contribution in [-0.2, 0) is 0 Å². The second kappa shape index (κ2) is 6.08. The lowest BCUT2D eigenvalue weighted by Gasteiger charge is -2.11. The average Bonchev–Trinajstić information content (AvgIpc) is 2.53. The van der Waals surface area contributed by atoms with Gasteiger partial charge in [-0.05, 0) is 24.3 Å². The first-order valence-corrected chi connectivity index (χ1v) is 7.13. The van der Waals surface area contributed by atoms with Crippen LogP contribution in [0.15, 0.2) is 48.5 Å². The lowest BCUT2D eigenvalue weighted by Crippen LogP contribution is -2.14. The molecule has 5 heteroatoms. The second-order valence-corrected chi connectivity index (χ2v) is 5.02. The van der Waals surface area contributed by atoms with E-state index >= 15 is 0 Å². The highest BCUT2D eigenvalue weighted by Crippen LogP contribution is 2.28. The summed E-state index contributed by atoms with van der Waals surface area (Å²) < 4.78 is 0. The molecule has 0 amide bonds. The molecule has 0 atom stereocenters. The molecule has 1 aromatic heterocycles. The quantitative estimate of drug-likeness (QED) is 0.775. The van der Waals surface area contributed by atoms with Gasteiger partial charge >= 0.3 is 0 Å². The Morgan fingerprint density at radius 1 is 1.00 bits per heavy atom. The summed E-state index contributed by atoms with van der Waals surface area (Å²) in [5, 5.41) is 4.86. The van der Waals surface area contributed by atoms with Gasteiger partial charge in [0.15, 0.2) is 5.82 Å². The van der Waals surface area contributed by atoms with Gasteiger partial charge in [-0.2, -0.15) is 0 Å². The minimum absolute atomic E-state index is 0.541. The second-order valence-electron chi connectivity index (χ2n) is 4.61. The van der Waals surface area contributed by atoms with Gasteiger partial charge in [-0.3, -0.25) is 0 Å². The van der Waals surface area contributed by atoms with Crippen molar-refractivity contribution in [1.82, 2.24) is 9.97 Å². The maximum absolute atomic E-state index is 6.25. The number of hydrogen-bond donors (Lipinski definition) is 2. The molecule has 0 aliphatic rings. The van der Waals surface area contributed by atoms with Crippen molar-refractivity contribution < 1.29 is 0 Å². The van der Waals surface area contributed by atoms with Crippen LogP contribution in [0.2, 0.25) is 5.02 Å². The number of aromatic nitrogens is 2. The van der Waals surface area contributed by atoms with E-state index in [4.69, 9.17) is 17.3 Å². The van der Waals surface area contributed by atoms with Crippen LogP contribution < -0.4 is 11.1 Å². The van der Waals surface area contributed by atoms with Crippen molar-refractivity contribution in [3.8, 4) is 11.4 Å². The van der Waals surface area contributed by atoms with Crippen LogP contribution in [-0.4, -0.2) is 23.1 Å². The molecule has 0 fully saturated rings. The number of fused-ring (bicyclic) bond motifs is 1. The minimum atomic E-state index is 0.541. The summed E-state index contributed by atoms with van der Waals surface area (Å²) in [5.41, 5.74) is 7.26. The number of halogens is 1. The van der Waals surface area contributed by atoms with Crippen molar-refractivity contribution >= 4 is 28.3 Å². The molecule has 0 radical (unpaired) electrons. The molecule has 106 valence electrons. The van der Waals surface area contributed by atoms with Gasteiger partial charge in [0.05, 0.1) is 10.5 Å². The topological polar surface area (TPSA) is 63.8 Å². The summed E-state index contributed by atoms with van der Waals surface area (Å²) in [4.78, 5) is 9.22. The van der Waals surface area contributed by atoms with Crippen LogP contribution in [0.25, 0.3) is 22.3 Å². The van der Waals surface area contributed by atoms with E-state index in [9.17, 15) is 0 Å². The fraction of sp³-hybridized carbons (Fsp3) is 0.125. The summed E-state index contributed by atoms with van der Waals surface area (Å²) in [5.74, 6) is 1.39. The van der Waals surface area contributed by atoms with Crippen LogP contribution in [0.4, 0.5) is 5.82 Å². The van der Waals surface area contributed by atoms with Crippen molar-refractivity contribution in [3.05, 3.63) is 53.6 Å². The number of nitrogens with zero attached hydrogens (tertiary/aromatic N) is 2. The molecule has 0 saturated heterocycles. The standard InChI is InChI=1S/C16H15ClN4/c17-13-7-3-1-5-11(13)16-20-14-8-4-2-6-12(14)15(21-16)19-10-9-18/h1-8H,9-10,18H2,(H,19,20,21). The molecule has 3 aromatic rings. The first-order chi connectivity index (χ1) is 10.3. The molecule has 0 aliphatic carbocycles. The molecule has 3 rings (SSSR count). The highest BCUT2D eigenvalue weighted by molar-refractivity contribution is 6.33. The molecule has 2 aromatic carbocycles. The van der Waals surface area contributed by atoms with Crippen LogP contribution in [0.1, 0.15) is 0 Å². The third kappa shape index (κ3) is 2.82. The molecule has 21 heavy (non-hydrogen) atoms. The first-order valence-electron chi connectivity index (χ1n) is 6.75. The molecule has 1 heterocycles. The highest BCUT2D eigenvalue weighted by Gasteiger charge is 2.10. The van der Waals surface area contributed by atoms with Gasteiger partial charge in [0.2, 0.25) is 0 Å². The van der Waals surface area contributed by atoms with Crippen molar-refractivity contribution in [2.75, 3.05) is 18.4 Å². The summed E-state index contributed by atoms with van der Waals surface area (Å²) in [6.07, 6.45) is 0. The third-order valence-electron chi connectivity index (χ3n) is 3.15. The highest BCUT2D eigenvalue weighted by atomic mass is 35.5. The van der Waals surface area contributed by atoms with E-state index < -0.39 is 0 Å². The van der Waals surface area contributed by atoms with Crippen molar-refractivity contribution in [3.63, 3.8) is 0 Å². The zero-order valence-corrected chi connectivity index (χ0v) is 12.1. The van der Waals surface area contributed by atoms with Gasteiger partial charge in [0, 0.05) is 24.0 Å². The number of nitrogens with one attached hydrogen (secondary N) is 1. The number of hydrogen-bond acceptors (Lipinski definition) is 4. The summed E-state index contributed by atoms with van der Waals surface area (Å²) in [7, 11) is 0. The number of anilines is 1. The van der Waals surface area contributed by atoms with Gasteiger partial charge in [-0.25, -0.2) is 9.97 Å². The van der Waals surface area contributed by atoms with Crippen molar-refractivity contribution in [1.29, 1.82) is 0 Å². The number of nitrogens with two attached hydrogens (primary N) is 1. The summed E-state index contributed by atoms with van der Waals surface area (Å²) in [6, 6.07) is 15.4. The van der Waals surface area contributed by atoms with E-state index in [1.54, 1.807) is 0 Å². The van der Waals surface area contributed by atoms with Crippen molar-refractivity contribution in [2.24, 2.45) is 5.73 Å². The van der Waals surface area contributed by atoms with Gasteiger partial charge in [0.1, 0.15) is 5.82 Å². The van der Waals surface area contributed by atoms with Gasteiger partial charge in [-0.1, -0.05) is 35.9 Å². The van der Waals surface area contributed by atoms with Gasteiger partial charge in [-0.15, -0.1) is 0 Å². The Kier molecular flexibility index (Phi) is 3.99. The van der Waals surface area contributed by atoms with E-state index in [1.807, 2.05) is 48.5 Å². The lowest BCUT2D eigenvalue weighted by molar-refractivity contribution is 1.01. The number of benzene rings is 2. The van der Waals surface area contributed by atoms with E-state index in [0.29, 0.717) is 23.9 Å². The third-order valence-corrected chi connectivity index (χ3v) is 3.48. The Morgan fingerprint density at radius 3 is 2.57 bits per heavy atom. The van der Waals surface area contributed by atoms with Gasteiger partial charge in [0.25, 0.3) is 0 Å². The zero-order valence-electron chi connectivity index (χ0n) is 11.4. The van der Waals surface area contributed by atoms with E-state index in [-0.39, 0.29) is 0 Å². The van der Waals surface area contributed by atoms with Crippen LogP contribution in [0.3, 0.4) is 0 Å². The smallest absolute Gasteiger partial charge is 0.163 e. The Labute approximate surface area is 128 Å². The zero-order chi connectivity index (χ0) is 14.7. The molecule has 0 saturated carbocycles. The predicted octanol–water partition coefficient (Wildman–Crippen LogP) is 3.32. The van der Waals surface area contributed by atoms with Crippen LogP contribution in [0, 0.1) is 0 Å². The maximum atomic E-state index is 6.25. The van der Waals surface area contributed by atoms with Crippen molar-refractivity contribution in [2.45, 2.75) is 0 Å². The Hall–Kier alpha value is -2.17. The Morgan fingerprint density at radius 2 is 1.76 bits per heavy atom. The van der Waals surface area contributed by atoms with E-state index in [1.165, 1.54) is 0 Å². The molecule has 3 N–H and O–H groups in total. The molecule has 0 bridgehead atoms. The Balaban J connectivity index is 2.18. The normalized spacial score (nSPS) is 10.8. The molecule has 0 aliphatic heterocycles. The fourth-order valence-corrected chi connectivity index (χ4v) is 2.39. The molecule has 0 spiro atoms. The van der Waals surface area contributed by atoms with Crippen LogP contribution >= 0.6 is 11.6 Å². The number of rotatable bonds is 4. The van der Waals surface area contributed by atoms with E-state index in [2.05, 4.69) is 15.3 Å². The predicted molar refractivity (Wildman–Crippen MR) is 87.5 cm³/mol. The Bertz CT molecular complexity index is 773. The van der Waals surface area contributed by atoms with E-state index in [0.717, 1.165) is 22.3 Å². The molecule has 4 nitrogen and oxygen atoms in total. The lowest BCUT2D eigenvalue weighted by atomic mass is 10.2. The molecular formula is C16H15ClN4. The minimum Gasteiger partial charge on any atom is -0.368 e. The largest absolute Gasteiger partial charge is 0.368 e. The molecular weight excluding hydrogens is 284 g/mol. The molecule has 0 unspecified atom stereocenters. The van der Waals surface area contributed by atoms with Crippen LogP contribution in [0.5, 0.6) is 0 Å². The van der Waals surface area contributed by atoms with Gasteiger partial charge < -0.3 is 11.1 Å². The summed E-state index contributed by atoms with van der Waals surface area (Å²) >= 11 is 6.25. The first kappa shape index (κ1) is 13.8.